The first-order valence-electron chi connectivity index (χ1n) is 8.67. The van der Waals surface area contributed by atoms with Crippen molar-refractivity contribution in [3.8, 4) is 0 Å². The van der Waals surface area contributed by atoms with Gasteiger partial charge in [-0.3, -0.25) is 29.4 Å². The van der Waals surface area contributed by atoms with Gasteiger partial charge in [0.2, 0.25) is 15.9 Å². The van der Waals surface area contributed by atoms with E-state index < -0.39 is 39.2 Å². The van der Waals surface area contributed by atoms with Crippen molar-refractivity contribution in [1.82, 2.24) is 14.9 Å². The highest BCUT2D eigenvalue weighted by Crippen LogP contribution is 2.26. The molecule has 0 aromatic heterocycles. The molecule has 0 atom stereocenters. The lowest BCUT2D eigenvalue weighted by Gasteiger charge is -2.13. The van der Waals surface area contributed by atoms with E-state index in [9.17, 15) is 32.9 Å². The van der Waals surface area contributed by atoms with Gasteiger partial charge in [-0.05, 0) is 18.2 Å². The lowest BCUT2D eigenvalue weighted by atomic mass is 10.1. The molecule has 1 aliphatic heterocycles. The zero-order valence-electron chi connectivity index (χ0n) is 15.4. The maximum absolute atomic E-state index is 12.3. The molecule has 0 bridgehead atoms. The summed E-state index contributed by atoms with van der Waals surface area (Å²) in [5.41, 5.74) is -0.501. The van der Waals surface area contributed by atoms with Gasteiger partial charge in [0, 0.05) is 25.2 Å². The molecule has 2 aromatic rings. The molecule has 2 N–H and O–H groups in total. The van der Waals surface area contributed by atoms with Gasteiger partial charge in [-0.2, -0.15) is 0 Å². The monoisotopic (exact) mass is 432 g/mol. The fourth-order valence-corrected chi connectivity index (χ4v) is 3.86. The molecule has 0 spiro atoms. The first kappa shape index (κ1) is 21.1. The molecule has 156 valence electrons. The van der Waals surface area contributed by atoms with Gasteiger partial charge < -0.3 is 5.32 Å². The molecule has 3 rings (SSSR count). The molecule has 0 saturated carbocycles. The van der Waals surface area contributed by atoms with Crippen molar-refractivity contribution in [3.05, 3.63) is 69.8 Å². The number of amides is 3. The van der Waals surface area contributed by atoms with E-state index in [2.05, 4.69) is 10.0 Å². The van der Waals surface area contributed by atoms with Crippen LogP contribution < -0.4 is 10.0 Å². The minimum Gasteiger partial charge on any atom is -0.353 e. The fourth-order valence-electron chi connectivity index (χ4n) is 2.81. The predicted molar refractivity (Wildman–Crippen MR) is 103 cm³/mol. The predicted octanol–water partition coefficient (Wildman–Crippen LogP) is 0.286. The van der Waals surface area contributed by atoms with Gasteiger partial charge in [0.25, 0.3) is 17.5 Å². The number of hydrogen-bond donors (Lipinski definition) is 2. The minimum absolute atomic E-state index is 0.0194. The van der Waals surface area contributed by atoms with Gasteiger partial charge in [-0.15, -0.1) is 0 Å². The summed E-state index contributed by atoms with van der Waals surface area (Å²) in [5, 5.41) is 13.2. The quantitative estimate of drug-likeness (QED) is 0.263. The Morgan fingerprint density at radius 3 is 2.33 bits per heavy atom. The molecule has 0 radical (unpaired) electrons. The first-order chi connectivity index (χ1) is 14.2. The van der Waals surface area contributed by atoms with E-state index in [4.69, 9.17) is 0 Å². The van der Waals surface area contributed by atoms with Crippen LogP contribution >= 0.6 is 0 Å². The van der Waals surface area contributed by atoms with Crippen molar-refractivity contribution < 1.29 is 27.7 Å². The Balaban J connectivity index is 1.53. The smallest absolute Gasteiger partial charge is 0.270 e. The Morgan fingerprint density at radius 1 is 1.00 bits per heavy atom. The van der Waals surface area contributed by atoms with E-state index in [-0.39, 0.29) is 34.8 Å². The van der Waals surface area contributed by atoms with Gasteiger partial charge in [-0.1, -0.05) is 18.2 Å². The molecule has 0 saturated heterocycles. The fraction of sp³-hybridized carbons (Fsp3) is 0.167. The average Bonchev–Trinajstić information content (AvgIpc) is 2.96. The second-order valence-corrected chi connectivity index (χ2v) is 8.01. The van der Waals surface area contributed by atoms with Crippen molar-refractivity contribution >= 4 is 33.4 Å². The zero-order chi connectivity index (χ0) is 21.9. The largest absolute Gasteiger partial charge is 0.353 e. The van der Waals surface area contributed by atoms with Crippen molar-refractivity contribution in [1.29, 1.82) is 0 Å². The Bertz CT molecular complexity index is 1130. The summed E-state index contributed by atoms with van der Waals surface area (Å²) >= 11 is 0. The second-order valence-electron chi connectivity index (χ2n) is 6.24. The van der Waals surface area contributed by atoms with Crippen LogP contribution in [0.1, 0.15) is 20.7 Å². The highest BCUT2D eigenvalue weighted by Gasteiger charge is 2.37. The molecular weight excluding hydrogens is 416 g/mol. The van der Waals surface area contributed by atoms with Crippen molar-refractivity contribution in [2.24, 2.45) is 0 Å². The summed E-state index contributed by atoms with van der Waals surface area (Å²) in [7, 11) is -3.72. The zero-order valence-corrected chi connectivity index (χ0v) is 16.2. The molecule has 3 amide bonds. The highest BCUT2D eigenvalue weighted by atomic mass is 32.2. The summed E-state index contributed by atoms with van der Waals surface area (Å²) < 4.78 is 26.5. The van der Waals surface area contributed by atoms with Crippen LogP contribution in [-0.2, 0) is 14.8 Å². The molecule has 1 heterocycles. The number of imide groups is 1. The number of nitro benzene ring substituents is 1. The molecule has 1 aliphatic rings. The van der Waals surface area contributed by atoms with Gasteiger partial charge in [0.05, 0.1) is 20.9 Å². The SMILES string of the molecule is O=C(CN1C(=O)c2ccc([N+](=O)[O-])cc2C1=O)NCCNS(=O)(=O)c1ccccc1. The van der Waals surface area contributed by atoms with Crippen molar-refractivity contribution in [2.45, 2.75) is 4.90 Å². The van der Waals surface area contributed by atoms with Gasteiger partial charge >= 0.3 is 0 Å². The molecule has 30 heavy (non-hydrogen) atoms. The summed E-state index contributed by atoms with van der Waals surface area (Å²) in [6.45, 7) is -0.762. The van der Waals surface area contributed by atoms with Crippen molar-refractivity contribution in [2.75, 3.05) is 19.6 Å². The van der Waals surface area contributed by atoms with Gasteiger partial charge in [0.1, 0.15) is 6.54 Å². The lowest BCUT2D eigenvalue weighted by Crippen LogP contribution is -2.42. The van der Waals surface area contributed by atoms with Crippen LogP contribution in [0.4, 0.5) is 5.69 Å². The van der Waals surface area contributed by atoms with Gasteiger partial charge in [-0.25, -0.2) is 13.1 Å². The minimum atomic E-state index is -3.72. The molecule has 11 nitrogen and oxygen atoms in total. The number of carbonyl (C=O) groups excluding carboxylic acids is 3. The number of nitrogens with one attached hydrogen (secondary N) is 2. The number of hydrogen-bond acceptors (Lipinski definition) is 7. The van der Waals surface area contributed by atoms with E-state index >= 15 is 0 Å². The summed E-state index contributed by atoms with van der Waals surface area (Å²) in [6.07, 6.45) is 0. The molecule has 2 aromatic carbocycles. The van der Waals surface area contributed by atoms with E-state index in [0.717, 1.165) is 12.1 Å². The molecule has 0 fully saturated rings. The summed E-state index contributed by atoms with van der Waals surface area (Å²) in [4.78, 5) is 47.6. The normalized spacial score (nSPS) is 13.3. The van der Waals surface area contributed by atoms with Crippen LogP contribution in [-0.4, -0.2) is 55.6 Å². The average molecular weight is 432 g/mol. The third kappa shape index (κ3) is 4.34. The van der Waals surface area contributed by atoms with E-state index in [0.29, 0.717) is 4.90 Å². The lowest BCUT2D eigenvalue weighted by molar-refractivity contribution is -0.384. The van der Waals surface area contributed by atoms with E-state index in [1.165, 1.54) is 18.2 Å². The van der Waals surface area contributed by atoms with Crippen LogP contribution in [0.3, 0.4) is 0 Å². The Hall–Kier alpha value is -3.64. The third-order valence-electron chi connectivity index (χ3n) is 4.26. The molecular formula is C18H16N4O7S. The number of nitrogens with zero attached hydrogens (tertiary/aromatic N) is 2. The standard InChI is InChI=1S/C18H16N4O7S/c23-16(19-8-9-20-30(28,29)13-4-2-1-3-5-13)11-21-17(24)14-7-6-12(22(26)27)10-15(14)18(21)25/h1-7,10,20H,8-9,11H2,(H,19,23). The number of sulfonamides is 1. The second kappa shape index (κ2) is 8.39. The Morgan fingerprint density at radius 2 is 1.67 bits per heavy atom. The number of carbonyl (C=O) groups is 3. The number of non-ortho nitro benzene ring substituents is 1. The summed E-state index contributed by atoms with van der Waals surface area (Å²) in [5.74, 6) is -2.22. The Labute approximate surface area is 170 Å². The van der Waals surface area contributed by atoms with Crippen LogP contribution in [0, 0.1) is 10.1 Å². The number of rotatable bonds is 8. The maximum atomic E-state index is 12.3. The number of benzene rings is 2. The van der Waals surface area contributed by atoms with Crippen LogP contribution in [0.15, 0.2) is 53.4 Å². The molecule has 0 unspecified atom stereocenters. The Kier molecular flexibility index (Phi) is 5.89. The van der Waals surface area contributed by atoms with Crippen LogP contribution in [0.5, 0.6) is 0 Å². The van der Waals surface area contributed by atoms with Crippen LogP contribution in [0.2, 0.25) is 0 Å². The molecule has 0 aliphatic carbocycles. The van der Waals surface area contributed by atoms with Crippen LogP contribution in [0.25, 0.3) is 0 Å². The van der Waals surface area contributed by atoms with Gasteiger partial charge in [0.15, 0.2) is 0 Å². The van der Waals surface area contributed by atoms with E-state index in [1.807, 2.05) is 0 Å². The summed E-state index contributed by atoms with van der Waals surface area (Å²) in [6, 6.07) is 10.9. The number of fused-ring (bicyclic) bond motifs is 1. The number of nitro groups is 1. The molecule has 12 heteroatoms. The third-order valence-corrected chi connectivity index (χ3v) is 5.74. The highest BCUT2D eigenvalue weighted by molar-refractivity contribution is 7.89. The topological polar surface area (TPSA) is 156 Å². The maximum Gasteiger partial charge on any atom is 0.270 e. The van der Waals surface area contributed by atoms with E-state index in [1.54, 1.807) is 18.2 Å². The first-order valence-corrected chi connectivity index (χ1v) is 10.1. The van der Waals surface area contributed by atoms with Crippen molar-refractivity contribution in [3.63, 3.8) is 0 Å².